The molecule has 0 bridgehead atoms. The van der Waals surface area contributed by atoms with Gasteiger partial charge in [-0.05, 0) is 35.8 Å². The zero-order chi connectivity index (χ0) is 20.4. The Kier molecular flexibility index (Phi) is 7.91. The van der Waals surface area contributed by atoms with E-state index in [1.165, 1.54) is 6.08 Å². The van der Waals surface area contributed by atoms with Gasteiger partial charge in [0, 0.05) is 30.5 Å². The van der Waals surface area contributed by atoms with Crippen molar-refractivity contribution in [1.29, 1.82) is 0 Å². The van der Waals surface area contributed by atoms with Gasteiger partial charge in [-0.2, -0.15) is 0 Å². The Morgan fingerprint density at radius 1 is 1.00 bits per heavy atom. The van der Waals surface area contributed by atoms with Crippen LogP contribution in [0.3, 0.4) is 0 Å². The third kappa shape index (κ3) is 7.73. The fourth-order valence-corrected chi connectivity index (χ4v) is 3.22. The Morgan fingerprint density at radius 2 is 1.75 bits per heavy atom. The number of carbonyl (C=O) groups excluding carboxylic acids is 2. The molecule has 0 aliphatic rings. The number of benzene rings is 2. The van der Waals surface area contributed by atoms with Crippen molar-refractivity contribution in [3.63, 3.8) is 0 Å². The third-order valence-electron chi connectivity index (χ3n) is 3.84. The standard InChI is InChI=1S/C20H23N3O4S/c21-20(25)18-8-4-7-17(15-18)9-12-22-19(24)10-13-23-28(26,27)14-11-16-5-2-1-3-6-16/h1-8,11,14-15,23H,9-10,12-13H2,(H2,21,25)(H,22,24)/b14-11+. The van der Waals surface area contributed by atoms with Crippen LogP contribution in [-0.2, 0) is 21.2 Å². The second-order valence-corrected chi connectivity index (χ2v) is 7.72. The van der Waals surface area contributed by atoms with Gasteiger partial charge >= 0.3 is 0 Å². The minimum absolute atomic E-state index is 0.00442. The van der Waals surface area contributed by atoms with Crippen LogP contribution in [0, 0.1) is 0 Å². The Morgan fingerprint density at radius 3 is 2.46 bits per heavy atom. The monoisotopic (exact) mass is 401 g/mol. The topological polar surface area (TPSA) is 118 Å². The van der Waals surface area contributed by atoms with Gasteiger partial charge in [-0.1, -0.05) is 42.5 Å². The summed E-state index contributed by atoms with van der Waals surface area (Å²) in [5.41, 5.74) is 7.30. The zero-order valence-electron chi connectivity index (χ0n) is 15.3. The molecule has 2 aromatic rings. The molecular weight excluding hydrogens is 378 g/mol. The molecule has 2 amide bonds. The molecule has 2 rings (SSSR count). The molecule has 7 nitrogen and oxygen atoms in total. The maximum absolute atomic E-state index is 11.9. The summed E-state index contributed by atoms with van der Waals surface area (Å²) in [7, 11) is -3.61. The van der Waals surface area contributed by atoms with Crippen LogP contribution in [0.25, 0.3) is 6.08 Å². The SMILES string of the molecule is NC(=O)c1cccc(CCNC(=O)CCNS(=O)(=O)/C=C/c2ccccc2)c1. The summed E-state index contributed by atoms with van der Waals surface area (Å²) >= 11 is 0. The molecule has 0 radical (unpaired) electrons. The molecule has 0 aromatic heterocycles. The predicted molar refractivity (Wildman–Crippen MR) is 109 cm³/mol. The van der Waals surface area contributed by atoms with E-state index in [1.807, 2.05) is 24.3 Å². The Labute approximate surface area is 164 Å². The third-order valence-corrected chi connectivity index (χ3v) is 4.94. The van der Waals surface area contributed by atoms with Crippen molar-refractivity contribution in [2.75, 3.05) is 13.1 Å². The quantitative estimate of drug-likeness (QED) is 0.558. The van der Waals surface area contributed by atoms with Crippen molar-refractivity contribution in [1.82, 2.24) is 10.0 Å². The van der Waals surface area contributed by atoms with Gasteiger partial charge in [0.2, 0.25) is 21.8 Å². The molecule has 0 heterocycles. The number of hydrogen-bond donors (Lipinski definition) is 3. The number of nitrogens with one attached hydrogen (secondary N) is 2. The highest BCUT2D eigenvalue weighted by molar-refractivity contribution is 7.92. The van der Waals surface area contributed by atoms with Gasteiger partial charge in [0.15, 0.2) is 0 Å². The van der Waals surface area contributed by atoms with E-state index in [-0.39, 0.29) is 18.9 Å². The molecule has 0 saturated carbocycles. The number of primary amides is 1. The molecular formula is C20H23N3O4S. The highest BCUT2D eigenvalue weighted by Gasteiger charge is 2.07. The largest absolute Gasteiger partial charge is 0.366 e. The smallest absolute Gasteiger partial charge is 0.248 e. The summed E-state index contributed by atoms with van der Waals surface area (Å²) in [5.74, 6) is -0.764. The first kappa shape index (κ1) is 21.3. The molecule has 0 atom stereocenters. The van der Waals surface area contributed by atoms with Crippen LogP contribution < -0.4 is 15.8 Å². The van der Waals surface area contributed by atoms with Gasteiger partial charge in [0.05, 0.1) is 0 Å². The van der Waals surface area contributed by atoms with E-state index in [9.17, 15) is 18.0 Å². The highest BCUT2D eigenvalue weighted by atomic mass is 32.2. The summed E-state index contributed by atoms with van der Waals surface area (Å²) < 4.78 is 26.2. The van der Waals surface area contributed by atoms with Gasteiger partial charge < -0.3 is 11.1 Å². The first-order valence-electron chi connectivity index (χ1n) is 8.74. The molecule has 0 unspecified atom stereocenters. The lowest BCUT2D eigenvalue weighted by Gasteiger charge is -2.07. The second-order valence-electron chi connectivity index (χ2n) is 6.07. The number of nitrogens with two attached hydrogens (primary N) is 1. The van der Waals surface area contributed by atoms with Crippen molar-refractivity contribution in [2.24, 2.45) is 5.73 Å². The van der Waals surface area contributed by atoms with Crippen LogP contribution in [0.4, 0.5) is 0 Å². The van der Waals surface area contributed by atoms with Gasteiger partial charge in [0.1, 0.15) is 0 Å². The minimum Gasteiger partial charge on any atom is -0.366 e. The molecule has 0 aliphatic heterocycles. The lowest BCUT2D eigenvalue weighted by atomic mass is 10.1. The average Bonchev–Trinajstić information content (AvgIpc) is 2.67. The average molecular weight is 401 g/mol. The van der Waals surface area contributed by atoms with Crippen LogP contribution in [0.15, 0.2) is 60.0 Å². The van der Waals surface area contributed by atoms with Gasteiger partial charge in [-0.3, -0.25) is 9.59 Å². The van der Waals surface area contributed by atoms with Crippen molar-refractivity contribution in [2.45, 2.75) is 12.8 Å². The molecule has 0 spiro atoms. The van der Waals surface area contributed by atoms with Crippen LogP contribution in [-0.4, -0.2) is 33.3 Å². The van der Waals surface area contributed by atoms with E-state index < -0.39 is 15.9 Å². The lowest BCUT2D eigenvalue weighted by Crippen LogP contribution is -2.31. The molecule has 4 N–H and O–H groups in total. The molecule has 0 saturated heterocycles. The van der Waals surface area contributed by atoms with Crippen molar-refractivity contribution in [3.05, 3.63) is 76.7 Å². The van der Waals surface area contributed by atoms with Gasteiger partial charge in [-0.15, -0.1) is 0 Å². The summed E-state index contributed by atoms with van der Waals surface area (Å²) in [6.45, 7) is 0.381. The zero-order valence-corrected chi connectivity index (χ0v) is 16.1. The van der Waals surface area contributed by atoms with E-state index >= 15 is 0 Å². The van der Waals surface area contributed by atoms with E-state index in [2.05, 4.69) is 10.0 Å². The number of rotatable bonds is 10. The number of amides is 2. The minimum atomic E-state index is -3.61. The Bertz CT molecular complexity index is 941. The van der Waals surface area contributed by atoms with Crippen LogP contribution >= 0.6 is 0 Å². The molecule has 28 heavy (non-hydrogen) atoms. The molecule has 148 valence electrons. The maximum Gasteiger partial charge on any atom is 0.248 e. The normalized spacial score (nSPS) is 11.4. The van der Waals surface area contributed by atoms with E-state index in [0.717, 1.165) is 16.5 Å². The van der Waals surface area contributed by atoms with Crippen molar-refractivity contribution in [3.8, 4) is 0 Å². The fraction of sp³-hybridized carbons (Fsp3) is 0.200. The summed E-state index contributed by atoms with van der Waals surface area (Å²) in [5, 5.41) is 3.79. The van der Waals surface area contributed by atoms with Crippen molar-refractivity contribution < 1.29 is 18.0 Å². The molecule has 2 aromatic carbocycles. The predicted octanol–water partition coefficient (Wildman–Crippen LogP) is 1.42. The van der Waals surface area contributed by atoms with E-state index in [4.69, 9.17) is 5.73 Å². The van der Waals surface area contributed by atoms with Crippen LogP contribution in [0.5, 0.6) is 0 Å². The Balaban J connectivity index is 1.70. The summed E-state index contributed by atoms with van der Waals surface area (Å²) in [6.07, 6.45) is 2.06. The van der Waals surface area contributed by atoms with E-state index in [0.29, 0.717) is 18.5 Å². The number of carbonyl (C=O) groups is 2. The number of hydrogen-bond acceptors (Lipinski definition) is 4. The summed E-state index contributed by atoms with van der Waals surface area (Å²) in [6, 6.07) is 15.9. The maximum atomic E-state index is 11.9. The van der Waals surface area contributed by atoms with Crippen LogP contribution in [0.1, 0.15) is 27.9 Å². The highest BCUT2D eigenvalue weighted by Crippen LogP contribution is 2.05. The molecule has 0 aliphatic carbocycles. The first-order chi connectivity index (χ1) is 13.4. The van der Waals surface area contributed by atoms with Crippen molar-refractivity contribution >= 4 is 27.9 Å². The van der Waals surface area contributed by atoms with E-state index in [1.54, 1.807) is 30.3 Å². The lowest BCUT2D eigenvalue weighted by molar-refractivity contribution is -0.120. The summed E-state index contributed by atoms with van der Waals surface area (Å²) in [4.78, 5) is 23.0. The van der Waals surface area contributed by atoms with Gasteiger partial charge in [-0.25, -0.2) is 13.1 Å². The fourth-order valence-electron chi connectivity index (χ4n) is 2.40. The second kappa shape index (κ2) is 10.4. The van der Waals surface area contributed by atoms with Gasteiger partial charge in [0.25, 0.3) is 0 Å². The Hall–Kier alpha value is -2.97. The number of sulfonamides is 1. The molecule has 8 heteroatoms. The van der Waals surface area contributed by atoms with Crippen LogP contribution in [0.2, 0.25) is 0 Å². The molecule has 0 fully saturated rings. The first-order valence-corrected chi connectivity index (χ1v) is 10.3.